The lowest BCUT2D eigenvalue weighted by molar-refractivity contribution is 0.0756. The Kier molecular flexibility index (Phi) is 9.54. The second kappa shape index (κ2) is 10.8. The number of rotatable bonds is 4. The molecular weight excluding hydrogens is 391 g/mol. The molecule has 1 unspecified atom stereocenters. The first kappa shape index (κ1) is 22.9. The van der Waals surface area contributed by atoms with E-state index in [1.165, 1.54) is 16.9 Å². The van der Waals surface area contributed by atoms with Crippen LogP contribution in [0.1, 0.15) is 34.4 Å². The summed E-state index contributed by atoms with van der Waals surface area (Å²) in [4.78, 5) is 21.4. The largest absolute Gasteiger partial charge is 0.336 e. The molecule has 1 aliphatic heterocycles. The zero-order chi connectivity index (χ0) is 16.9. The number of benzene rings is 1. The second-order valence-corrected chi connectivity index (χ2v) is 7.16. The zero-order valence-corrected chi connectivity index (χ0v) is 17.3. The Morgan fingerprint density at radius 3 is 2.62 bits per heavy atom. The molecule has 2 heterocycles. The second-order valence-electron chi connectivity index (χ2n) is 6.22. The van der Waals surface area contributed by atoms with Gasteiger partial charge in [-0.25, -0.2) is 4.98 Å². The molecule has 0 spiro atoms. The maximum absolute atomic E-state index is 12.7. The predicted molar refractivity (Wildman–Crippen MR) is 111 cm³/mol. The van der Waals surface area contributed by atoms with Gasteiger partial charge in [-0.05, 0) is 18.9 Å². The van der Waals surface area contributed by atoms with Crippen LogP contribution in [0.2, 0.25) is 0 Å². The molecule has 1 aliphatic rings. The highest BCUT2D eigenvalue weighted by Gasteiger charge is 2.25. The lowest BCUT2D eigenvalue weighted by atomic mass is 10.1. The van der Waals surface area contributed by atoms with E-state index in [9.17, 15) is 4.79 Å². The Morgan fingerprint density at radius 2 is 1.96 bits per heavy atom. The Hall–Kier alpha value is -1.18. The molecule has 2 aromatic rings. The lowest BCUT2D eigenvalue weighted by Gasteiger charge is -2.26. The SMILES string of the molecule is CC1CCN(C(=O)c2csc(CN)n2)CCN1Cc1ccccc1.Cl.Cl. The van der Waals surface area contributed by atoms with Gasteiger partial charge in [-0.1, -0.05) is 30.3 Å². The third-order valence-electron chi connectivity index (χ3n) is 4.56. The molecule has 0 bridgehead atoms. The van der Waals surface area contributed by atoms with E-state index in [0.29, 0.717) is 18.3 Å². The van der Waals surface area contributed by atoms with Gasteiger partial charge in [0, 0.05) is 44.1 Å². The minimum absolute atomic E-state index is 0. The van der Waals surface area contributed by atoms with E-state index in [2.05, 4.69) is 41.1 Å². The van der Waals surface area contributed by atoms with Crippen molar-refractivity contribution in [3.63, 3.8) is 0 Å². The summed E-state index contributed by atoms with van der Waals surface area (Å²) in [5.41, 5.74) is 7.44. The maximum atomic E-state index is 12.7. The van der Waals surface area contributed by atoms with Crippen molar-refractivity contribution in [1.82, 2.24) is 14.8 Å². The van der Waals surface area contributed by atoms with Crippen molar-refractivity contribution in [2.75, 3.05) is 19.6 Å². The highest BCUT2D eigenvalue weighted by Crippen LogP contribution is 2.17. The smallest absolute Gasteiger partial charge is 0.273 e. The van der Waals surface area contributed by atoms with E-state index in [1.807, 2.05) is 16.3 Å². The molecule has 1 amide bonds. The molecule has 1 fully saturated rings. The van der Waals surface area contributed by atoms with Crippen molar-refractivity contribution in [2.45, 2.75) is 32.5 Å². The fraction of sp³-hybridized carbons (Fsp3) is 0.444. The van der Waals surface area contributed by atoms with E-state index in [-0.39, 0.29) is 30.7 Å². The number of aromatic nitrogens is 1. The van der Waals surface area contributed by atoms with Crippen LogP contribution in [0.3, 0.4) is 0 Å². The van der Waals surface area contributed by atoms with Crippen LogP contribution in [-0.2, 0) is 13.1 Å². The third kappa shape index (κ3) is 5.66. The van der Waals surface area contributed by atoms with E-state index < -0.39 is 0 Å². The summed E-state index contributed by atoms with van der Waals surface area (Å²) >= 11 is 1.46. The van der Waals surface area contributed by atoms with Crippen LogP contribution in [0.25, 0.3) is 0 Å². The van der Waals surface area contributed by atoms with E-state index in [0.717, 1.165) is 37.6 Å². The molecule has 144 valence electrons. The number of nitrogens with two attached hydrogens (primary N) is 1. The molecule has 1 aromatic carbocycles. The normalized spacial score (nSPS) is 17.8. The summed E-state index contributed by atoms with van der Waals surface area (Å²) in [5.74, 6) is 0.0275. The van der Waals surface area contributed by atoms with Crippen molar-refractivity contribution < 1.29 is 4.79 Å². The van der Waals surface area contributed by atoms with Gasteiger partial charge in [0.1, 0.15) is 10.7 Å². The van der Waals surface area contributed by atoms with Crippen LogP contribution in [0.5, 0.6) is 0 Å². The van der Waals surface area contributed by atoms with Gasteiger partial charge in [-0.3, -0.25) is 9.69 Å². The van der Waals surface area contributed by atoms with Gasteiger partial charge in [0.05, 0.1) is 0 Å². The van der Waals surface area contributed by atoms with Crippen LogP contribution in [0, 0.1) is 0 Å². The minimum atomic E-state index is 0. The molecule has 1 aromatic heterocycles. The molecule has 2 N–H and O–H groups in total. The molecule has 0 aliphatic carbocycles. The van der Waals surface area contributed by atoms with Gasteiger partial charge in [0.25, 0.3) is 5.91 Å². The average Bonchev–Trinajstić information content (AvgIpc) is 3.02. The first-order chi connectivity index (χ1) is 11.7. The van der Waals surface area contributed by atoms with Crippen molar-refractivity contribution in [3.8, 4) is 0 Å². The van der Waals surface area contributed by atoms with Gasteiger partial charge in [0.2, 0.25) is 0 Å². The zero-order valence-electron chi connectivity index (χ0n) is 14.8. The van der Waals surface area contributed by atoms with Crippen LogP contribution in [0.15, 0.2) is 35.7 Å². The summed E-state index contributed by atoms with van der Waals surface area (Å²) in [7, 11) is 0. The summed E-state index contributed by atoms with van der Waals surface area (Å²) in [6.45, 7) is 5.96. The Balaban J connectivity index is 0.00000169. The van der Waals surface area contributed by atoms with Gasteiger partial charge < -0.3 is 10.6 Å². The standard InChI is InChI=1S/C18H24N4OS.2ClH/c1-14-7-8-21(18(23)16-13-24-17(11-19)20-16)9-10-22(14)12-15-5-3-2-4-6-15;;/h2-6,13-14H,7-12,19H2,1H3;2*1H. The fourth-order valence-corrected chi connectivity index (χ4v) is 3.68. The summed E-state index contributed by atoms with van der Waals surface area (Å²) in [6.07, 6.45) is 0.979. The molecular formula is C18H26Cl2N4OS. The third-order valence-corrected chi connectivity index (χ3v) is 5.43. The van der Waals surface area contributed by atoms with Crippen LogP contribution in [0.4, 0.5) is 0 Å². The molecule has 1 saturated heterocycles. The quantitative estimate of drug-likeness (QED) is 0.830. The molecule has 0 saturated carbocycles. The number of hydrogen-bond acceptors (Lipinski definition) is 5. The highest BCUT2D eigenvalue weighted by atomic mass is 35.5. The van der Waals surface area contributed by atoms with Gasteiger partial charge in [0.15, 0.2) is 0 Å². The van der Waals surface area contributed by atoms with Crippen molar-refractivity contribution >= 4 is 42.1 Å². The Labute approximate surface area is 171 Å². The molecule has 8 heteroatoms. The number of halogens is 2. The van der Waals surface area contributed by atoms with Gasteiger partial charge in [-0.2, -0.15) is 0 Å². The first-order valence-corrected chi connectivity index (χ1v) is 9.27. The lowest BCUT2D eigenvalue weighted by Crippen LogP contribution is -2.36. The summed E-state index contributed by atoms with van der Waals surface area (Å²) < 4.78 is 0. The first-order valence-electron chi connectivity index (χ1n) is 8.39. The van der Waals surface area contributed by atoms with Gasteiger partial charge >= 0.3 is 0 Å². The van der Waals surface area contributed by atoms with E-state index in [4.69, 9.17) is 5.73 Å². The maximum Gasteiger partial charge on any atom is 0.273 e. The van der Waals surface area contributed by atoms with Crippen molar-refractivity contribution in [2.24, 2.45) is 5.73 Å². The Bertz CT molecular complexity index is 683. The molecule has 5 nitrogen and oxygen atoms in total. The number of amides is 1. The molecule has 26 heavy (non-hydrogen) atoms. The van der Waals surface area contributed by atoms with Crippen LogP contribution < -0.4 is 5.73 Å². The minimum Gasteiger partial charge on any atom is -0.336 e. The molecule has 1 atom stereocenters. The summed E-state index contributed by atoms with van der Waals surface area (Å²) in [5, 5.41) is 2.63. The van der Waals surface area contributed by atoms with Gasteiger partial charge in [-0.15, -0.1) is 36.2 Å². The van der Waals surface area contributed by atoms with Crippen molar-refractivity contribution in [1.29, 1.82) is 0 Å². The summed E-state index contributed by atoms with van der Waals surface area (Å²) in [6, 6.07) is 11.0. The number of thiazole rings is 1. The number of nitrogens with zero attached hydrogens (tertiary/aromatic N) is 3. The number of carbonyl (C=O) groups excluding carboxylic acids is 1. The fourth-order valence-electron chi connectivity index (χ4n) is 3.03. The van der Waals surface area contributed by atoms with Crippen molar-refractivity contribution in [3.05, 3.63) is 52.0 Å². The highest BCUT2D eigenvalue weighted by molar-refractivity contribution is 7.09. The predicted octanol–water partition coefficient (Wildman–Crippen LogP) is 3.18. The van der Waals surface area contributed by atoms with E-state index in [1.54, 1.807) is 0 Å². The molecule has 3 rings (SSSR count). The van der Waals surface area contributed by atoms with E-state index >= 15 is 0 Å². The monoisotopic (exact) mass is 416 g/mol. The number of carbonyl (C=O) groups is 1. The number of hydrogen-bond donors (Lipinski definition) is 1. The van der Waals surface area contributed by atoms with Crippen LogP contribution >= 0.6 is 36.2 Å². The average molecular weight is 417 g/mol. The molecule has 0 radical (unpaired) electrons. The topological polar surface area (TPSA) is 62.5 Å². The Morgan fingerprint density at radius 1 is 1.23 bits per heavy atom. The van der Waals surface area contributed by atoms with Crippen LogP contribution in [-0.4, -0.2) is 46.4 Å².